The van der Waals surface area contributed by atoms with Crippen molar-refractivity contribution < 1.29 is 9.53 Å². The molecule has 0 spiro atoms. The van der Waals surface area contributed by atoms with E-state index >= 15 is 0 Å². The van der Waals surface area contributed by atoms with Gasteiger partial charge in [-0.25, -0.2) is 0 Å². The lowest BCUT2D eigenvalue weighted by atomic mass is 10.0. The van der Waals surface area contributed by atoms with Gasteiger partial charge in [0.2, 0.25) is 0 Å². The van der Waals surface area contributed by atoms with Crippen molar-refractivity contribution >= 4 is 5.78 Å². The number of ether oxygens (including phenoxy) is 1. The number of carbonyl (C=O) groups excluding carboxylic acids is 1. The van der Waals surface area contributed by atoms with Gasteiger partial charge in [-0.15, -0.1) is 6.58 Å². The van der Waals surface area contributed by atoms with E-state index in [1.807, 2.05) is 24.3 Å². The van der Waals surface area contributed by atoms with E-state index in [2.05, 4.69) is 20.4 Å². The number of rotatable bonds is 7. The van der Waals surface area contributed by atoms with E-state index in [-0.39, 0.29) is 12.4 Å². The Hall–Kier alpha value is -1.41. The highest BCUT2D eigenvalue weighted by Gasteiger charge is 2.06. The fourth-order valence-corrected chi connectivity index (χ4v) is 1.47. The van der Waals surface area contributed by atoms with Gasteiger partial charge in [0.1, 0.15) is 6.61 Å². The Balaban J connectivity index is 2.49. The lowest BCUT2D eigenvalue weighted by Gasteiger charge is -2.06. The number of hydrogen-bond acceptors (Lipinski definition) is 2. The molecule has 17 heavy (non-hydrogen) atoms. The van der Waals surface area contributed by atoms with Crippen molar-refractivity contribution in [3.05, 3.63) is 48.0 Å². The van der Waals surface area contributed by atoms with Crippen LogP contribution in [0.3, 0.4) is 0 Å². The molecule has 0 aliphatic carbocycles. The first kappa shape index (κ1) is 13.7. The van der Waals surface area contributed by atoms with Crippen LogP contribution in [0.15, 0.2) is 36.9 Å². The molecular formula is C15H20O2. The highest BCUT2D eigenvalue weighted by Crippen LogP contribution is 2.14. The van der Waals surface area contributed by atoms with Gasteiger partial charge in [-0.05, 0) is 17.9 Å². The average Bonchev–Trinajstić information content (AvgIpc) is 2.34. The van der Waals surface area contributed by atoms with Gasteiger partial charge in [0.15, 0.2) is 5.78 Å². The molecule has 1 rings (SSSR count). The normalized spacial score (nSPS) is 10.5. The van der Waals surface area contributed by atoms with Crippen LogP contribution in [-0.2, 0) is 4.74 Å². The van der Waals surface area contributed by atoms with Gasteiger partial charge in [0.25, 0.3) is 0 Å². The van der Waals surface area contributed by atoms with Crippen LogP contribution in [-0.4, -0.2) is 19.0 Å². The number of hydrogen-bond donors (Lipinski definition) is 0. The maximum absolute atomic E-state index is 11.7. The zero-order valence-corrected chi connectivity index (χ0v) is 10.6. The van der Waals surface area contributed by atoms with Crippen LogP contribution >= 0.6 is 0 Å². The third-order valence-corrected chi connectivity index (χ3v) is 2.60. The molecule has 0 aromatic heterocycles. The minimum absolute atomic E-state index is 0.0318. The Morgan fingerprint density at radius 3 is 2.53 bits per heavy atom. The number of ketones is 1. The molecule has 2 heteroatoms. The fourth-order valence-electron chi connectivity index (χ4n) is 1.47. The Bertz CT molecular complexity index is 363. The molecule has 0 bridgehead atoms. The molecule has 0 heterocycles. The summed E-state index contributed by atoms with van der Waals surface area (Å²) in [5.74, 6) is 0.521. The first-order valence-corrected chi connectivity index (χ1v) is 5.97. The summed E-state index contributed by atoms with van der Waals surface area (Å²) >= 11 is 0. The molecule has 0 unspecified atom stereocenters. The van der Waals surface area contributed by atoms with Crippen LogP contribution in [0.4, 0.5) is 0 Å². The summed E-state index contributed by atoms with van der Waals surface area (Å²) in [5.41, 5.74) is 1.96. The van der Waals surface area contributed by atoms with Crippen molar-refractivity contribution in [3.63, 3.8) is 0 Å². The smallest absolute Gasteiger partial charge is 0.188 e. The van der Waals surface area contributed by atoms with Crippen LogP contribution < -0.4 is 0 Å². The van der Waals surface area contributed by atoms with Gasteiger partial charge >= 0.3 is 0 Å². The molecular weight excluding hydrogens is 212 g/mol. The molecule has 2 nitrogen and oxygen atoms in total. The van der Waals surface area contributed by atoms with Gasteiger partial charge in [-0.1, -0.05) is 44.2 Å². The average molecular weight is 232 g/mol. The lowest BCUT2D eigenvalue weighted by molar-refractivity contribution is 0.0768. The summed E-state index contributed by atoms with van der Waals surface area (Å²) in [7, 11) is 0. The predicted molar refractivity (Wildman–Crippen MR) is 70.5 cm³/mol. The third-order valence-electron chi connectivity index (χ3n) is 2.60. The van der Waals surface area contributed by atoms with E-state index in [1.165, 1.54) is 5.56 Å². The van der Waals surface area contributed by atoms with Crippen molar-refractivity contribution in [1.29, 1.82) is 0 Å². The lowest BCUT2D eigenvalue weighted by Crippen LogP contribution is -2.09. The zero-order chi connectivity index (χ0) is 12.7. The second-order valence-electron chi connectivity index (χ2n) is 4.33. The van der Waals surface area contributed by atoms with Gasteiger partial charge < -0.3 is 4.74 Å². The summed E-state index contributed by atoms with van der Waals surface area (Å²) in [6, 6.07) is 7.74. The molecule has 0 aliphatic rings. The van der Waals surface area contributed by atoms with Crippen molar-refractivity contribution in [2.45, 2.75) is 26.2 Å². The zero-order valence-electron chi connectivity index (χ0n) is 10.6. The van der Waals surface area contributed by atoms with Crippen LogP contribution in [0.25, 0.3) is 0 Å². The molecule has 0 saturated carbocycles. The van der Waals surface area contributed by atoms with E-state index in [0.717, 1.165) is 6.42 Å². The Labute approximate surface area is 103 Å². The first-order chi connectivity index (χ1) is 8.15. The molecule has 1 aromatic rings. The topological polar surface area (TPSA) is 26.3 Å². The monoisotopic (exact) mass is 232 g/mol. The summed E-state index contributed by atoms with van der Waals surface area (Å²) in [5, 5.41) is 0. The van der Waals surface area contributed by atoms with Crippen LogP contribution in [0, 0.1) is 0 Å². The summed E-state index contributed by atoms with van der Waals surface area (Å²) in [4.78, 5) is 11.7. The molecule has 0 aliphatic heterocycles. The molecule has 0 atom stereocenters. The predicted octanol–water partition coefficient (Wildman–Crippen LogP) is 3.59. The number of benzene rings is 1. The maximum Gasteiger partial charge on any atom is 0.188 e. The molecule has 1 aromatic carbocycles. The molecule has 0 saturated heterocycles. The van der Waals surface area contributed by atoms with Crippen molar-refractivity contribution in [1.82, 2.24) is 0 Å². The molecule has 0 N–H and O–H groups in total. The quantitative estimate of drug-likeness (QED) is 0.408. The number of Topliss-reactive ketones (excluding diaryl/α,β-unsaturated/α-hetero) is 1. The molecule has 0 radical (unpaired) electrons. The van der Waals surface area contributed by atoms with Crippen LogP contribution in [0.1, 0.15) is 42.1 Å². The first-order valence-electron chi connectivity index (χ1n) is 5.97. The number of carbonyl (C=O) groups is 1. The van der Waals surface area contributed by atoms with Crippen molar-refractivity contribution in [3.8, 4) is 0 Å². The van der Waals surface area contributed by atoms with E-state index in [9.17, 15) is 4.79 Å². The van der Waals surface area contributed by atoms with Crippen LogP contribution in [0.2, 0.25) is 0 Å². The van der Waals surface area contributed by atoms with Gasteiger partial charge in [0, 0.05) is 5.56 Å². The van der Waals surface area contributed by atoms with Crippen molar-refractivity contribution in [2.24, 2.45) is 0 Å². The van der Waals surface area contributed by atoms with Gasteiger partial charge in [-0.3, -0.25) is 4.79 Å². The second kappa shape index (κ2) is 7.02. The second-order valence-corrected chi connectivity index (χ2v) is 4.33. The van der Waals surface area contributed by atoms with E-state index in [0.29, 0.717) is 18.1 Å². The minimum Gasteiger partial charge on any atom is -0.373 e. The molecule has 0 amide bonds. The highest BCUT2D eigenvalue weighted by atomic mass is 16.5. The summed E-state index contributed by atoms with van der Waals surface area (Å²) < 4.78 is 5.25. The molecule has 92 valence electrons. The Kier molecular flexibility index (Phi) is 5.64. The largest absolute Gasteiger partial charge is 0.373 e. The Morgan fingerprint density at radius 1 is 1.35 bits per heavy atom. The van der Waals surface area contributed by atoms with Crippen molar-refractivity contribution in [2.75, 3.05) is 13.2 Å². The van der Waals surface area contributed by atoms with E-state index in [1.54, 1.807) is 6.08 Å². The Morgan fingerprint density at radius 2 is 2.00 bits per heavy atom. The minimum atomic E-state index is 0.0318. The SMILES string of the molecule is C=CCCOCC(=O)c1ccc(C(C)C)cc1. The molecule has 0 fully saturated rings. The van der Waals surface area contributed by atoms with E-state index < -0.39 is 0 Å². The third kappa shape index (κ3) is 4.53. The summed E-state index contributed by atoms with van der Waals surface area (Å²) in [6.45, 7) is 8.57. The van der Waals surface area contributed by atoms with Crippen LogP contribution in [0.5, 0.6) is 0 Å². The highest BCUT2D eigenvalue weighted by molar-refractivity contribution is 5.97. The van der Waals surface area contributed by atoms with E-state index in [4.69, 9.17) is 4.74 Å². The maximum atomic E-state index is 11.7. The summed E-state index contributed by atoms with van der Waals surface area (Å²) in [6.07, 6.45) is 2.56. The van der Waals surface area contributed by atoms with Gasteiger partial charge in [0.05, 0.1) is 6.61 Å². The fraction of sp³-hybridized carbons (Fsp3) is 0.400. The standard InChI is InChI=1S/C15H20O2/c1-4-5-10-17-11-15(16)14-8-6-13(7-9-14)12(2)3/h4,6-9,12H,1,5,10-11H2,2-3H3. The van der Waals surface area contributed by atoms with Gasteiger partial charge in [-0.2, -0.15) is 0 Å².